The molecule has 0 radical (unpaired) electrons. The Balaban J connectivity index is 2.08. The Morgan fingerprint density at radius 2 is 1.95 bits per heavy atom. The van der Waals surface area contributed by atoms with E-state index in [1.54, 1.807) is 17.3 Å². The van der Waals surface area contributed by atoms with E-state index in [0.717, 1.165) is 12.0 Å². The molecule has 4 heteroatoms. The van der Waals surface area contributed by atoms with E-state index in [1.807, 2.05) is 31.2 Å². The lowest BCUT2D eigenvalue weighted by molar-refractivity contribution is 0.0761. The third-order valence-electron chi connectivity index (χ3n) is 3.47. The lowest BCUT2D eigenvalue weighted by Crippen LogP contribution is -2.37. The van der Waals surface area contributed by atoms with E-state index in [-0.39, 0.29) is 5.91 Å². The zero-order valence-electron chi connectivity index (χ0n) is 12.3. The summed E-state index contributed by atoms with van der Waals surface area (Å²) in [4.78, 5) is 18.5. The van der Waals surface area contributed by atoms with Crippen LogP contribution in [0.5, 0.6) is 0 Å². The molecule has 0 spiro atoms. The Morgan fingerprint density at radius 3 is 2.62 bits per heavy atom. The highest BCUT2D eigenvalue weighted by molar-refractivity contribution is 5.95. The first kappa shape index (κ1) is 15.2. The molecule has 0 aliphatic carbocycles. The molecule has 2 rings (SSSR count). The van der Waals surface area contributed by atoms with E-state index >= 15 is 0 Å². The number of pyridine rings is 1. The largest absolute Gasteiger partial charge is 0.337 e. The van der Waals surface area contributed by atoms with Gasteiger partial charge in [0.1, 0.15) is 0 Å². The highest BCUT2D eigenvalue weighted by Gasteiger charge is 2.16. The molecule has 1 aromatic heterocycles. The molecule has 1 heterocycles. The van der Waals surface area contributed by atoms with Gasteiger partial charge in [-0.15, -0.1) is 0 Å². The molecule has 0 bridgehead atoms. The number of aromatic nitrogens is 1. The van der Waals surface area contributed by atoms with Gasteiger partial charge >= 0.3 is 0 Å². The summed E-state index contributed by atoms with van der Waals surface area (Å²) in [5.41, 5.74) is 8.45. The number of amides is 1. The van der Waals surface area contributed by atoms with Crippen molar-refractivity contribution in [2.75, 3.05) is 19.6 Å². The van der Waals surface area contributed by atoms with Crippen LogP contribution in [0, 0.1) is 6.92 Å². The number of carbonyl (C=O) groups is 1. The Morgan fingerprint density at radius 1 is 1.19 bits per heavy atom. The van der Waals surface area contributed by atoms with E-state index in [0.29, 0.717) is 25.2 Å². The van der Waals surface area contributed by atoms with Crippen molar-refractivity contribution in [3.63, 3.8) is 0 Å². The highest BCUT2D eigenvalue weighted by atomic mass is 16.2. The van der Waals surface area contributed by atoms with Gasteiger partial charge in [-0.3, -0.25) is 9.78 Å². The number of carbonyl (C=O) groups excluding carboxylic acids is 1. The fourth-order valence-corrected chi connectivity index (χ4v) is 2.24. The van der Waals surface area contributed by atoms with Gasteiger partial charge in [0.05, 0.1) is 5.56 Å². The van der Waals surface area contributed by atoms with Crippen LogP contribution in [0.4, 0.5) is 0 Å². The van der Waals surface area contributed by atoms with Crippen LogP contribution in [0.25, 0.3) is 0 Å². The number of hydrogen-bond donors (Lipinski definition) is 1. The quantitative estimate of drug-likeness (QED) is 0.882. The topological polar surface area (TPSA) is 59.2 Å². The second-order valence-electron chi connectivity index (χ2n) is 5.01. The van der Waals surface area contributed by atoms with Crippen LogP contribution in [-0.4, -0.2) is 35.4 Å². The number of rotatable bonds is 6. The van der Waals surface area contributed by atoms with Crippen molar-refractivity contribution >= 4 is 5.91 Å². The molecule has 2 N–H and O–H groups in total. The van der Waals surface area contributed by atoms with Crippen LogP contribution < -0.4 is 5.73 Å². The SMILES string of the molecule is Cc1ccncc1C(=O)N(CCN)CCc1ccccc1. The first-order chi connectivity index (χ1) is 10.2. The minimum atomic E-state index is 0.00183. The fourth-order valence-electron chi connectivity index (χ4n) is 2.24. The van der Waals surface area contributed by atoms with Crippen molar-refractivity contribution in [2.24, 2.45) is 5.73 Å². The van der Waals surface area contributed by atoms with Crippen LogP contribution in [0.2, 0.25) is 0 Å². The fraction of sp³-hybridized carbons (Fsp3) is 0.294. The van der Waals surface area contributed by atoms with Gasteiger partial charge < -0.3 is 10.6 Å². The Kier molecular flexibility index (Phi) is 5.46. The van der Waals surface area contributed by atoms with Crippen molar-refractivity contribution in [2.45, 2.75) is 13.3 Å². The minimum Gasteiger partial charge on any atom is -0.337 e. The molecule has 0 aliphatic rings. The van der Waals surface area contributed by atoms with Crippen LogP contribution in [-0.2, 0) is 6.42 Å². The maximum absolute atomic E-state index is 12.6. The Hall–Kier alpha value is -2.20. The molecule has 0 fully saturated rings. The molecule has 1 aromatic carbocycles. The molecule has 2 aromatic rings. The second kappa shape index (κ2) is 7.55. The summed E-state index contributed by atoms with van der Waals surface area (Å²) in [6.45, 7) is 3.60. The number of nitrogens with zero attached hydrogens (tertiary/aromatic N) is 2. The first-order valence-corrected chi connectivity index (χ1v) is 7.16. The predicted molar refractivity (Wildman–Crippen MR) is 84.1 cm³/mol. The van der Waals surface area contributed by atoms with Gasteiger partial charge in [0.25, 0.3) is 5.91 Å². The molecular formula is C17H21N3O. The molecule has 110 valence electrons. The van der Waals surface area contributed by atoms with E-state index in [9.17, 15) is 4.79 Å². The van der Waals surface area contributed by atoms with Crippen LogP contribution in [0.1, 0.15) is 21.5 Å². The van der Waals surface area contributed by atoms with Crippen LogP contribution in [0.3, 0.4) is 0 Å². The molecule has 0 atom stereocenters. The Labute approximate surface area is 125 Å². The number of benzene rings is 1. The van der Waals surface area contributed by atoms with Gasteiger partial charge in [-0.25, -0.2) is 0 Å². The van der Waals surface area contributed by atoms with Gasteiger partial charge in [0.15, 0.2) is 0 Å². The maximum atomic E-state index is 12.6. The molecule has 21 heavy (non-hydrogen) atoms. The van der Waals surface area contributed by atoms with Gasteiger partial charge in [0, 0.05) is 32.0 Å². The van der Waals surface area contributed by atoms with E-state index < -0.39 is 0 Å². The summed E-state index contributed by atoms with van der Waals surface area (Å²) in [5.74, 6) is 0.00183. The highest BCUT2D eigenvalue weighted by Crippen LogP contribution is 2.10. The minimum absolute atomic E-state index is 0.00183. The summed E-state index contributed by atoms with van der Waals surface area (Å²) in [7, 11) is 0. The zero-order chi connectivity index (χ0) is 15.1. The second-order valence-corrected chi connectivity index (χ2v) is 5.01. The van der Waals surface area contributed by atoms with Gasteiger partial charge in [0.2, 0.25) is 0 Å². The van der Waals surface area contributed by atoms with E-state index in [1.165, 1.54) is 5.56 Å². The number of hydrogen-bond acceptors (Lipinski definition) is 3. The molecule has 0 unspecified atom stereocenters. The van der Waals surface area contributed by atoms with Crippen molar-refractivity contribution < 1.29 is 4.79 Å². The van der Waals surface area contributed by atoms with Crippen LogP contribution in [0.15, 0.2) is 48.8 Å². The standard InChI is InChI=1S/C17H21N3O/c1-14-7-10-19-13-16(14)17(21)20(12-9-18)11-8-15-5-3-2-4-6-15/h2-7,10,13H,8-9,11-12,18H2,1H3. The lowest BCUT2D eigenvalue weighted by Gasteiger charge is -2.22. The van der Waals surface area contributed by atoms with Crippen molar-refractivity contribution in [1.82, 2.24) is 9.88 Å². The monoisotopic (exact) mass is 283 g/mol. The third kappa shape index (κ3) is 4.13. The molecule has 1 amide bonds. The summed E-state index contributed by atoms with van der Waals surface area (Å²) in [6.07, 6.45) is 4.15. The Bertz CT molecular complexity index is 584. The normalized spacial score (nSPS) is 10.4. The average molecular weight is 283 g/mol. The summed E-state index contributed by atoms with van der Waals surface area (Å²) in [5, 5.41) is 0. The summed E-state index contributed by atoms with van der Waals surface area (Å²) < 4.78 is 0. The van der Waals surface area contributed by atoms with Gasteiger partial charge in [-0.05, 0) is 30.5 Å². The van der Waals surface area contributed by atoms with Crippen LogP contribution >= 0.6 is 0 Å². The summed E-state index contributed by atoms with van der Waals surface area (Å²) in [6, 6.07) is 12.0. The first-order valence-electron chi connectivity index (χ1n) is 7.16. The average Bonchev–Trinajstić information content (AvgIpc) is 2.52. The lowest BCUT2D eigenvalue weighted by atomic mass is 10.1. The molecule has 4 nitrogen and oxygen atoms in total. The molecule has 0 saturated carbocycles. The van der Waals surface area contributed by atoms with Crippen molar-refractivity contribution in [3.8, 4) is 0 Å². The smallest absolute Gasteiger partial charge is 0.255 e. The van der Waals surface area contributed by atoms with Gasteiger partial charge in [-0.1, -0.05) is 30.3 Å². The van der Waals surface area contributed by atoms with Crippen molar-refractivity contribution in [1.29, 1.82) is 0 Å². The summed E-state index contributed by atoms with van der Waals surface area (Å²) >= 11 is 0. The van der Waals surface area contributed by atoms with E-state index in [4.69, 9.17) is 5.73 Å². The van der Waals surface area contributed by atoms with Gasteiger partial charge in [-0.2, -0.15) is 0 Å². The van der Waals surface area contributed by atoms with Crippen molar-refractivity contribution in [3.05, 3.63) is 65.5 Å². The maximum Gasteiger partial charge on any atom is 0.255 e. The molecular weight excluding hydrogens is 262 g/mol. The van der Waals surface area contributed by atoms with E-state index in [2.05, 4.69) is 17.1 Å². The molecule has 0 aliphatic heterocycles. The zero-order valence-corrected chi connectivity index (χ0v) is 12.3. The number of nitrogens with two attached hydrogens (primary N) is 1. The molecule has 0 saturated heterocycles. The number of aryl methyl sites for hydroxylation is 1. The predicted octanol–water partition coefficient (Wildman–Crippen LogP) is 2.03. The third-order valence-corrected chi connectivity index (χ3v) is 3.47.